The predicted octanol–water partition coefficient (Wildman–Crippen LogP) is 6.95. The number of phosphoric ester groups is 1. The molecule has 0 rings (SSSR count). The highest BCUT2D eigenvalue weighted by molar-refractivity contribution is 7.47. The second-order valence-corrected chi connectivity index (χ2v) is 12.6. The molecule has 0 aliphatic carbocycles. The Morgan fingerprint density at radius 3 is 1.90 bits per heavy atom. The van der Waals surface area contributed by atoms with Crippen molar-refractivity contribution < 1.29 is 32.9 Å². The smallest absolute Gasteiger partial charge is 0.387 e. The molecule has 0 saturated carbocycles. The van der Waals surface area contributed by atoms with Crippen molar-refractivity contribution >= 4 is 13.7 Å². The van der Waals surface area contributed by atoms with Crippen molar-refractivity contribution in [2.75, 3.05) is 40.9 Å². The monoisotopic (exact) mass is 609 g/mol. The summed E-state index contributed by atoms with van der Waals surface area (Å²) in [7, 11) is 1.49. The van der Waals surface area contributed by atoms with Gasteiger partial charge >= 0.3 is 7.82 Å². The molecule has 9 heteroatoms. The number of phosphoric acid groups is 1. The molecular weight excluding hydrogens is 551 g/mol. The Morgan fingerprint density at radius 2 is 1.38 bits per heavy atom. The van der Waals surface area contributed by atoms with E-state index in [0.717, 1.165) is 51.4 Å². The molecule has 0 spiro atoms. The van der Waals surface area contributed by atoms with Gasteiger partial charge in [0.1, 0.15) is 13.2 Å². The lowest BCUT2D eigenvalue weighted by atomic mass is 10.1. The summed E-state index contributed by atoms with van der Waals surface area (Å²) < 4.78 is 23.1. The summed E-state index contributed by atoms with van der Waals surface area (Å²) in [5.74, 6) is -0.317. The molecule has 0 aromatic carbocycles. The van der Waals surface area contributed by atoms with Crippen molar-refractivity contribution in [3.05, 3.63) is 72.9 Å². The third-order valence-electron chi connectivity index (χ3n) is 5.96. The third-order valence-corrected chi connectivity index (χ3v) is 6.95. The van der Waals surface area contributed by atoms with E-state index in [-0.39, 0.29) is 25.5 Å². The van der Waals surface area contributed by atoms with Crippen LogP contribution in [0.2, 0.25) is 0 Å². The molecule has 0 radical (unpaired) electrons. The minimum absolute atomic E-state index is 0.0399. The first-order valence-electron chi connectivity index (χ1n) is 15.3. The van der Waals surface area contributed by atoms with Crippen molar-refractivity contribution in [1.29, 1.82) is 0 Å². The fourth-order valence-corrected chi connectivity index (χ4v) is 4.19. The second-order valence-electron chi connectivity index (χ2n) is 11.1. The van der Waals surface area contributed by atoms with Crippen LogP contribution < -0.4 is 5.32 Å². The molecule has 0 fully saturated rings. The van der Waals surface area contributed by atoms with E-state index < -0.39 is 20.0 Å². The summed E-state index contributed by atoms with van der Waals surface area (Å²) in [5, 5.41) is 13.4. The number of carbonyl (C=O) groups excluding carboxylic acids is 1. The standard InChI is InChI=1S/C33H57N2O6P/c1-6-8-10-12-13-14-15-16-17-18-19-20-21-23-25-27-33(37)34-31(32(36)26-24-22-11-9-7-2)30-41-42(38,39)40-29-28-35(3,4)5/h8,10,13-14,16-17,19-20,23-26,31-32,36H,6-7,9,11-12,15,18,21-22,27-30H2,1-5H3,(H-,34,37,38,39)/p+1/b10-8-,14-13-,17-16-,20-19-,25-23-,26-24+. The zero-order valence-corrected chi connectivity index (χ0v) is 27.6. The van der Waals surface area contributed by atoms with Crippen LogP contribution >= 0.6 is 7.82 Å². The van der Waals surface area contributed by atoms with E-state index in [2.05, 4.69) is 61.7 Å². The van der Waals surface area contributed by atoms with Crippen LogP contribution in [0.15, 0.2) is 72.9 Å². The van der Waals surface area contributed by atoms with E-state index in [1.807, 2.05) is 39.4 Å². The van der Waals surface area contributed by atoms with Crippen molar-refractivity contribution in [1.82, 2.24) is 5.32 Å². The fourth-order valence-electron chi connectivity index (χ4n) is 3.46. The number of rotatable bonds is 25. The lowest BCUT2D eigenvalue weighted by molar-refractivity contribution is -0.870. The number of allylic oxidation sites excluding steroid dienone is 10. The summed E-state index contributed by atoms with van der Waals surface area (Å²) in [4.78, 5) is 22.6. The Hall–Kier alpha value is -2.06. The van der Waals surface area contributed by atoms with Gasteiger partial charge in [0, 0.05) is 6.42 Å². The average molecular weight is 610 g/mol. The molecule has 3 atom stereocenters. The SMILES string of the molecule is CC/C=C\C/C=C\C/C=C\C/C=C\C/C=C\CC(=O)NC(COP(=O)(O)OCC[N+](C)(C)C)C(O)/C=C/CCCCC. The van der Waals surface area contributed by atoms with E-state index in [4.69, 9.17) is 9.05 Å². The van der Waals surface area contributed by atoms with Gasteiger partial charge in [0.05, 0.1) is 39.9 Å². The van der Waals surface area contributed by atoms with Gasteiger partial charge in [0.15, 0.2) is 0 Å². The molecule has 0 saturated heterocycles. The molecule has 0 bridgehead atoms. The van der Waals surface area contributed by atoms with Crippen molar-refractivity contribution in [2.24, 2.45) is 0 Å². The number of unbranched alkanes of at least 4 members (excludes halogenated alkanes) is 3. The zero-order chi connectivity index (χ0) is 31.5. The normalized spacial score (nSPS) is 16.1. The lowest BCUT2D eigenvalue weighted by Crippen LogP contribution is -2.45. The molecule has 0 aliphatic heterocycles. The van der Waals surface area contributed by atoms with Gasteiger partial charge in [-0.2, -0.15) is 0 Å². The zero-order valence-electron chi connectivity index (χ0n) is 26.7. The molecule has 240 valence electrons. The van der Waals surface area contributed by atoms with Gasteiger partial charge in [-0.15, -0.1) is 0 Å². The van der Waals surface area contributed by atoms with Crippen molar-refractivity contribution in [3.8, 4) is 0 Å². The van der Waals surface area contributed by atoms with E-state index in [9.17, 15) is 19.4 Å². The summed E-state index contributed by atoms with van der Waals surface area (Å²) >= 11 is 0. The number of aliphatic hydroxyl groups excluding tert-OH is 1. The summed E-state index contributed by atoms with van der Waals surface area (Å²) in [6.45, 7) is 4.44. The Morgan fingerprint density at radius 1 is 0.833 bits per heavy atom. The lowest BCUT2D eigenvalue weighted by Gasteiger charge is -2.25. The van der Waals surface area contributed by atoms with E-state index in [0.29, 0.717) is 17.4 Å². The molecule has 0 aromatic rings. The Bertz CT molecular complexity index is 918. The van der Waals surface area contributed by atoms with Gasteiger partial charge in [-0.1, -0.05) is 99.6 Å². The van der Waals surface area contributed by atoms with Crippen LogP contribution in [0.3, 0.4) is 0 Å². The molecule has 0 aromatic heterocycles. The average Bonchev–Trinajstić information content (AvgIpc) is 2.92. The first-order chi connectivity index (χ1) is 20.0. The predicted molar refractivity (Wildman–Crippen MR) is 175 cm³/mol. The molecule has 8 nitrogen and oxygen atoms in total. The van der Waals surface area contributed by atoms with E-state index >= 15 is 0 Å². The van der Waals surface area contributed by atoms with Crippen LogP contribution in [0.25, 0.3) is 0 Å². The summed E-state index contributed by atoms with van der Waals surface area (Å²) in [6, 6.07) is -0.898. The van der Waals surface area contributed by atoms with Crippen LogP contribution in [0.1, 0.15) is 78.1 Å². The molecule has 3 unspecified atom stereocenters. The fraction of sp³-hybridized carbons (Fsp3) is 0.606. The minimum atomic E-state index is -4.34. The Balaban J connectivity index is 4.69. The molecule has 1 amide bonds. The largest absolute Gasteiger partial charge is 0.472 e. The van der Waals surface area contributed by atoms with Gasteiger partial charge in [-0.05, 0) is 44.9 Å². The van der Waals surface area contributed by atoms with Crippen molar-refractivity contribution in [2.45, 2.75) is 90.2 Å². The maximum atomic E-state index is 12.6. The number of amides is 1. The topological polar surface area (TPSA) is 105 Å². The Kier molecular flexibility index (Phi) is 24.2. The van der Waals surface area contributed by atoms with Crippen LogP contribution in [-0.2, 0) is 18.4 Å². The quantitative estimate of drug-likeness (QED) is 0.0448. The number of nitrogens with zero attached hydrogens (tertiary/aromatic N) is 1. The van der Waals surface area contributed by atoms with Gasteiger partial charge in [-0.3, -0.25) is 13.8 Å². The number of aliphatic hydroxyl groups is 1. The van der Waals surface area contributed by atoms with E-state index in [1.54, 1.807) is 12.2 Å². The first kappa shape index (κ1) is 39.9. The Labute approximate surface area is 255 Å². The van der Waals surface area contributed by atoms with Crippen LogP contribution in [-0.4, -0.2) is 73.4 Å². The highest BCUT2D eigenvalue weighted by atomic mass is 31.2. The summed E-state index contributed by atoms with van der Waals surface area (Å²) in [5.41, 5.74) is 0. The number of hydrogen-bond acceptors (Lipinski definition) is 5. The number of nitrogens with one attached hydrogen (secondary N) is 1. The summed E-state index contributed by atoms with van der Waals surface area (Å²) in [6.07, 6.45) is 31.8. The highest BCUT2D eigenvalue weighted by Crippen LogP contribution is 2.43. The molecule has 3 N–H and O–H groups in total. The first-order valence-corrected chi connectivity index (χ1v) is 16.8. The second kappa shape index (κ2) is 25.4. The van der Waals surface area contributed by atoms with Gasteiger partial charge < -0.3 is 19.8 Å². The number of hydrogen-bond donors (Lipinski definition) is 3. The molecule has 0 aliphatic rings. The molecule has 42 heavy (non-hydrogen) atoms. The maximum absolute atomic E-state index is 12.6. The van der Waals surface area contributed by atoms with Crippen molar-refractivity contribution in [3.63, 3.8) is 0 Å². The number of carbonyl (C=O) groups is 1. The molecular formula is C33H58N2O6P+. The van der Waals surface area contributed by atoms with Gasteiger partial charge in [0.25, 0.3) is 0 Å². The van der Waals surface area contributed by atoms with Crippen LogP contribution in [0, 0.1) is 0 Å². The van der Waals surface area contributed by atoms with Crippen LogP contribution in [0.4, 0.5) is 0 Å². The van der Waals surface area contributed by atoms with E-state index in [1.165, 1.54) is 0 Å². The number of likely N-dealkylation sites (N-methyl/N-ethyl adjacent to an activating group) is 1. The minimum Gasteiger partial charge on any atom is -0.387 e. The van der Waals surface area contributed by atoms with Gasteiger partial charge in [-0.25, -0.2) is 4.57 Å². The van der Waals surface area contributed by atoms with Gasteiger partial charge in [0.2, 0.25) is 5.91 Å². The highest BCUT2D eigenvalue weighted by Gasteiger charge is 2.27. The maximum Gasteiger partial charge on any atom is 0.472 e. The number of quaternary nitrogens is 1. The third kappa shape index (κ3) is 26.8. The van der Waals surface area contributed by atoms with Crippen LogP contribution in [0.5, 0.6) is 0 Å². The molecule has 0 heterocycles.